The monoisotopic (exact) mass is 382 g/mol. The molecule has 0 spiro atoms. The number of aryl methyl sites for hydroxylation is 1. The summed E-state index contributed by atoms with van der Waals surface area (Å²) in [7, 11) is -2.05. The van der Waals surface area contributed by atoms with E-state index in [9.17, 15) is 8.42 Å². The van der Waals surface area contributed by atoms with E-state index < -0.39 is 10.0 Å². The Morgan fingerprint density at radius 3 is 2.48 bits per heavy atom. The number of sulfonamides is 1. The number of anilines is 1. The number of methoxy groups -OCH3 is 1. The lowest BCUT2D eigenvalue weighted by molar-refractivity contribution is 0.381. The molecule has 1 fully saturated rings. The number of rotatable bonds is 4. The molecule has 3 rings (SSSR count). The fraction of sp³-hybridized carbons (Fsp3) is 0.375. The number of ether oxygens (including phenoxy) is 1. The van der Waals surface area contributed by atoms with Gasteiger partial charge in [-0.25, -0.2) is 18.4 Å². The Balaban J connectivity index is 1.74. The molecule has 0 unspecified atom stereocenters. The Morgan fingerprint density at radius 1 is 1.12 bits per heavy atom. The zero-order valence-electron chi connectivity index (χ0n) is 14.0. The molecule has 0 amide bonds. The van der Waals surface area contributed by atoms with Crippen molar-refractivity contribution in [3.63, 3.8) is 0 Å². The lowest BCUT2D eigenvalue weighted by atomic mass is 10.3. The summed E-state index contributed by atoms with van der Waals surface area (Å²) in [5.41, 5.74) is 0.779. The third-order valence-corrected chi connectivity index (χ3v) is 6.10. The molecule has 0 radical (unpaired) electrons. The second-order valence-electron chi connectivity index (χ2n) is 5.70. The maximum atomic E-state index is 12.8. The van der Waals surface area contributed by atoms with Gasteiger partial charge in [-0.3, -0.25) is 0 Å². The van der Waals surface area contributed by atoms with E-state index >= 15 is 0 Å². The van der Waals surface area contributed by atoms with Crippen molar-refractivity contribution in [2.24, 2.45) is 0 Å². The van der Waals surface area contributed by atoms with Gasteiger partial charge in [-0.15, -0.1) is 0 Å². The number of piperazine rings is 1. The third-order valence-electron chi connectivity index (χ3n) is 4.01. The molecule has 9 heteroatoms. The van der Waals surface area contributed by atoms with Crippen LogP contribution in [0.1, 0.15) is 5.69 Å². The van der Waals surface area contributed by atoms with Crippen molar-refractivity contribution in [3.05, 3.63) is 41.2 Å². The highest BCUT2D eigenvalue weighted by atomic mass is 35.5. The van der Waals surface area contributed by atoms with Gasteiger partial charge in [-0.2, -0.15) is 4.31 Å². The molecule has 25 heavy (non-hydrogen) atoms. The van der Waals surface area contributed by atoms with E-state index in [2.05, 4.69) is 9.97 Å². The van der Waals surface area contributed by atoms with Gasteiger partial charge in [-0.1, -0.05) is 17.7 Å². The molecule has 0 bridgehead atoms. The Kier molecular flexibility index (Phi) is 5.12. The first-order valence-corrected chi connectivity index (χ1v) is 9.62. The van der Waals surface area contributed by atoms with Crippen molar-refractivity contribution < 1.29 is 13.2 Å². The molecule has 0 aliphatic carbocycles. The molecule has 0 saturated carbocycles. The lowest BCUT2D eigenvalue weighted by Gasteiger charge is -2.34. The molecular formula is C16H19ClN4O3S. The maximum absolute atomic E-state index is 12.8. The highest BCUT2D eigenvalue weighted by Crippen LogP contribution is 2.23. The average Bonchev–Trinajstić information content (AvgIpc) is 2.61. The predicted molar refractivity (Wildman–Crippen MR) is 95.7 cm³/mol. The molecule has 1 aromatic heterocycles. The molecule has 2 heterocycles. The Morgan fingerprint density at radius 2 is 1.84 bits per heavy atom. The van der Waals surface area contributed by atoms with Crippen molar-refractivity contribution >= 4 is 27.6 Å². The molecule has 1 saturated heterocycles. The fourth-order valence-electron chi connectivity index (χ4n) is 2.70. The van der Waals surface area contributed by atoms with E-state index in [-0.39, 0.29) is 4.90 Å². The summed E-state index contributed by atoms with van der Waals surface area (Å²) in [6, 6.07) is 8.19. The van der Waals surface area contributed by atoms with Gasteiger partial charge in [0, 0.05) is 37.9 Å². The van der Waals surface area contributed by atoms with Crippen molar-refractivity contribution in [1.29, 1.82) is 0 Å². The van der Waals surface area contributed by atoms with E-state index in [4.69, 9.17) is 16.3 Å². The number of nitrogens with zero attached hydrogens (tertiary/aromatic N) is 4. The number of halogens is 1. The first kappa shape index (κ1) is 17.9. The molecule has 1 aliphatic rings. The summed E-state index contributed by atoms with van der Waals surface area (Å²) >= 11 is 5.98. The van der Waals surface area contributed by atoms with Crippen molar-refractivity contribution in [2.45, 2.75) is 11.8 Å². The molecule has 1 aromatic carbocycles. The van der Waals surface area contributed by atoms with E-state index in [1.165, 1.54) is 17.5 Å². The zero-order valence-corrected chi connectivity index (χ0v) is 15.6. The SMILES string of the molecule is COc1cccc(S(=O)(=O)N2CCN(c3nc(C)cc(Cl)n3)CC2)c1. The van der Waals surface area contributed by atoms with Gasteiger partial charge in [0.1, 0.15) is 10.9 Å². The number of benzene rings is 1. The minimum atomic E-state index is -3.56. The van der Waals surface area contributed by atoms with Crippen molar-refractivity contribution in [1.82, 2.24) is 14.3 Å². The first-order valence-electron chi connectivity index (χ1n) is 7.80. The molecule has 1 aliphatic heterocycles. The summed E-state index contributed by atoms with van der Waals surface area (Å²) in [6.07, 6.45) is 0. The van der Waals surface area contributed by atoms with Crippen LogP contribution in [-0.4, -0.2) is 56.0 Å². The van der Waals surface area contributed by atoms with Crippen LogP contribution in [0.15, 0.2) is 35.2 Å². The average molecular weight is 383 g/mol. The van der Waals surface area contributed by atoms with Gasteiger partial charge in [0.25, 0.3) is 0 Å². The molecule has 2 aromatic rings. The third kappa shape index (κ3) is 3.86. The van der Waals surface area contributed by atoms with Crippen LogP contribution in [0, 0.1) is 6.92 Å². The lowest BCUT2D eigenvalue weighted by Crippen LogP contribution is -2.49. The number of aromatic nitrogens is 2. The summed E-state index contributed by atoms with van der Waals surface area (Å²) in [6.45, 7) is 3.56. The van der Waals surface area contributed by atoms with Gasteiger partial charge in [0.05, 0.1) is 12.0 Å². The van der Waals surface area contributed by atoms with Crippen LogP contribution in [0.5, 0.6) is 5.75 Å². The Bertz CT molecular complexity index is 847. The highest BCUT2D eigenvalue weighted by Gasteiger charge is 2.29. The first-order chi connectivity index (χ1) is 11.9. The second kappa shape index (κ2) is 7.15. The minimum absolute atomic E-state index is 0.232. The van der Waals surface area contributed by atoms with Gasteiger partial charge >= 0.3 is 0 Å². The predicted octanol–water partition coefficient (Wildman–Crippen LogP) is 1.96. The van der Waals surface area contributed by atoms with Gasteiger partial charge in [0.15, 0.2) is 0 Å². The number of hydrogen-bond acceptors (Lipinski definition) is 6. The van der Waals surface area contributed by atoms with Crippen LogP contribution in [-0.2, 0) is 10.0 Å². The number of hydrogen-bond donors (Lipinski definition) is 0. The Labute approximate surface area is 152 Å². The van der Waals surface area contributed by atoms with Crippen LogP contribution in [0.2, 0.25) is 5.15 Å². The summed E-state index contributed by atoms with van der Waals surface area (Å²) < 4.78 is 32.2. The van der Waals surface area contributed by atoms with E-state index in [0.717, 1.165) is 5.69 Å². The van der Waals surface area contributed by atoms with Crippen LogP contribution in [0.4, 0.5) is 5.95 Å². The standard InChI is InChI=1S/C16H19ClN4O3S/c1-12-10-15(17)19-16(18-12)20-6-8-21(9-7-20)25(22,23)14-5-3-4-13(11-14)24-2/h3-5,10-11H,6-9H2,1-2H3. The molecule has 0 N–H and O–H groups in total. The molecule has 7 nitrogen and oxygen atoms in total. The van der Waals surface area contributed by atoms with Crippen LogP contribution >= 0.6 is 11.6 Å². The minimum Gasteiger partial charge on any atom is -0.497 e. The zero-order chi connectivity index (χ0) is 18.0. The fourth-order valence-corrected chi connectivity index (χ4v) is 4.39. The maximum Gasteiger partial charge on any atom is 0.243 e. The summed E-state index contributed by atoms with van der Waals surface area (Å²) in [5.74, 6) is 1.05. The smallest absolute Gasteiger partial charge is 0.243 e. The van der Waals surface area contributed by atoms with E-state index in [1.807, 2.05) is 11.8 Å². The largest absolute Gasteiger partial charge is 0.497 e. The van der Waals surface area contributed by atoms with Crippen molar-refractivity contribution in [2.75, 3.05) is 38.2 Å². The van der Waals surface area contributed by atoms with Gasteiger partial charge in [-0.05, 0) is 25.1 Å². The highest BCUT2D eigenvalue weighted by molar-refractivity contribution is 7.89. The van der Waals surface area contributed by atoms with Crippen LogP contribution in [0.25, 0.3) is 0 Å². The Hall–Kier alpha value is -1.90. The molecule has 134 valence electrons. The van der Waals surface area contributed by atoms with E-state index in [1.54, 1.807) is 24.3 Å². The summed E-state index contributed by atoms with van der Waals surface area (Å²) in [5, 5.41) is 0.383. The summed E-state index contributed by atoms with van der Waals surface area (Å²) in [4.78, 5) is 10.8. The normalized spacial score (nSPS) is 16.0. The van der Waals surface area contributed by atoms with Crippen LogP contribution in [0.3, 0.4) is 0 Å². The van der Waals surface area contributed by atoms with Gasteiger partial charge in [0.2, 0.25) is 16.0 Å². The van der Waals surface area contributed by atoms with E-state index in [0.29, 0.717) is 43.0 Å². The second-order valence-corrected chi connectivity index (χ2v) is 8.03. The van der Waals surface area contributed by atoms with Gasteiger partial charge < -0.3 is 9.64 Å². The molecule has 0 atom stereocenters. The van der Waals surface area contributed by atoms with Crippen molar-refractivity contribution in [3.8, 4) is 5.75 Å². The topological polar surface area (TPSA) is 75.6 Å². The van der Waals surface area contributed by atoms with Crippen LogP contribution < -0.4 is 9.64 Å². The molecular weight excluding hydrogens is 364 g/mol. The quantitative estimate of drug-likeness (QED) is 0.752.